The number of unbranched alkanes of at least 4 members (excludes halogenated alkanes) is 15. The first-order valence-corrected chi connectivity index (χ1v) is 23.2. The molecule has 0 fully saturated rings. The van der Waals surface area contributed by atoms with Gasteiger partial charge in [0.15, 0.2) is 0 Å². The minimum Gasteiger partial charge on any atom is -0.394 e. The Kier molecular flexibility index (Phi) is 44.5. The van der Waals surface area contributed by atoms with E-state index < -0.39 is 12.1 Å². The highest BCUT2D eigenvalue weighted by molar-refractivity contribution is 5.76. The molecule has 322 valence electrons. The van der Waals surface area contributed by atoms with Crippen LogP contribution in [0.4, 0.5) is 0 Å². The predicted molar refractivity (Wildman–Crippen MR) is 252 cm³/mol. The molecule has 4 nitrogen and oxygen atoms in total. The van der Waals surface area contributed by atoms with Crippen LogP contribution in [0.25, 0.3) is 0 Å². The van der Waals surface area contributed by atoms with E-state index in [1.54, 1.807) is 6.08 Å². The van der Waals surface area contributed by atoms with Crippen molar-refractivity contribution in [1.82, 2.24) is 5.32 Å². The first kappa shape index (κ1) is 53.8. The summed E-state index contributed by atoms with van der Waals surface area (Å²) < 4.78 is 0. The van der Waals surface area contributed by atoms with Crippen LogP contribution >= 0.6 is 0 Å². The predicted octanol–water partition coefficient (Wildman–Crippen LogP) is 15.0. The lowest BCUT2D eigenvalue weighted by atomic mass is 10.0. The number of allylic oxidation sites excluding steroid dienone is 19. The lowest BCUT2D eigenvalue weighted by Gasteiger charge is -2.19. The van der Waals surface area contributed by atoms with Crippen LogP contribution in [-0.2, 0) is 4.79 Å². The SMILES string of the molecule is CC/C=C\C/C=C\C/C=C\C/C=C\C/C=C\C/C=C\C/C=C\C/C=C\CCCCCCCCCCCCC(=O)NC(CO)C(O)/C=C/CC/C=C/CCCCCC. The largest absolute Gasteiger partial charge is 0.394 e. The molecule has 0 aliphatic carbocycles. The van der Waals surface area contributed by atoms with Gasteiger partial charge in [-0.1, -0.05) is 206 Å². The van der Waals surface area contributed by atoms with Crippen LogP contribution in [0.3, 0.4) is 0 Å². The molecule has 0 heterocycles. The molecule has 0 aliphatic rings. The van der Waals surface area contributed by atoms with E-state index in [1.807, 2.05) is 6.08 Å². The smallest absolute Gasteiger partial charge is 0.220 e. The molecular formula is C53H87NO3. The summed E-state index contributed by atoms with van der Waals surface area (Å²) >= 11 is 0. The Morgan fingerprint density at radius 2 is 0.789 bits per heavy atom. The van der Waals surface area contributed by atoms with Crippen molar-refractivity contribution in [2.45, 2.75) is 199 Å². The van der Waals surface area contributed by atoms with Crippen molar-refractivity contribution in [3.63, 3.8) is 0 Å². The topological polar surface area (TPSA) is 69.6 Å². The van der Waals surface area contributed by atoms with Crippen LogP contribution in [-0.4, -0.2) is 34.9 Å². The standard InChI is InChI=1S/C53H87NO3/c1-3-5-7-9-11-13-15-16-17-18-19-20-21-22-23-24-25-26-27-28-29-30-31-32-33-34-35-36-37-38-39-41-43-45-47-49-53(57)54-51(50-55)52(56)48-46-44-42-40-14-12-10-8-6-4-2/h5,7,11,13-14,16-17,19-20,22-23,25-26,28-29,31-32,40,46,48,51-52,55-56H,3-4,6,8-10,12,15,18,21,24,27,30,33-39,41-45,47,49-50H2,1-2H3,(H,54,57)/b7-5-,13-11-,17-16-,20-19-,23-22-,26-25-,29-28-,32-31-,40-14+,48-46+. The first-order chi connectivity index (χ1) is 28.2. The molecule has 0 rings (SSSR count). The third-order valence-electron chi connectivity index (χ3n) is 9.68. The van der Waals surface area contributed by atoms with Crippen molar-refractivity contribution in [3.8, 4) is 0 Å². The van der Waals surface area contributed by atoms with E-state index in [4.69, 9.17) is 0 Å². The molecule has 4 heteroatoms. The van der Waals surface area contributed by atoms with E-state index >= 15 is 0 Å². The number of amides is 1. The quantitative estimate of drug-likeness (QED) is 0.0428. The van der Waals surface area contributed by atoms with E-state index in [2.05, 4.69) is 129 Å². The molecular weight excluding hydrogens is 699 g/mol. The van der Waals surface area contributed by atoms with Crippen molar-refractivity contribution < 1.29 is 15.0 Å². The van der Waals surface area contributed by atoms with Crippen molar-refractivity contribution in [2.24, 2.45) is 0 Å². The fraction of sp³-hybridized carbons (Fsp3) is 0.604. The zero-order valence-electron chi connectivity index (χ0n) is 36.8. The molecule has 0 aliphatic heterocycles. The van der Waals surface area contributed by atoms with Crippen LogP contribution in [0.15, 0.2) is 122 Å². The molecule has 0 radical (unpaired) electrons. The number of aliphatic hydroxyl groups is 2. The summed E-state index contributed by atoms with van der Waals surface area (Å²) in [6.07, 6.45) is 73.2. The van der Waals surface area contributed by atoms with Crippen LogP contribution in [0, 0.1) is 0 Å². The molecule has 0 saturated heterocycles. The minimum atomic E-state index is -0.869. The Labute approximate surface area is 352 Å². The average molecular weight is 786 g/mol. The summed E-state index contributed by atoms with van der Waals surface area (Å²) in [5.74, 6) is -0.0874. The van der Waals surface area contributed by atoms with E-state index in [1.165, 1.54) is 77.0 Å². The zero-order valence-corrected chi connectivity index (χ0v) is 36.8. The third-order valence-corrected chi connectivity index (χ3v) is 9.68. The van der Waals surface area contributed by atoms with Gasteiger partial charge in [-0.25, -0.2) is 0 Å². The second-order valence-electron chi connectivity index (χ2n) is 15.1. The van der Waals surface area contributed by atoms with Gasteiger partial charge in [0.25, 0.3) is 0 Å². The van der Waals surface area contributed by atoms with Gasteiger partial charge in [-0.3, -0.25) is 4.79 Å². The molecule has 0 saturated carbocycles. The van der Waals surface area contributed by atoms with Crippen molar-refractivity contribution >= 4 is 5.91 Å². The Morgan fingerprint density at radius 1 is 0.439 bits per heavy atom. The lowest BCUT2D eigenvalue weighted by Crippen LogP contribution is -2.45. The highest BCUT2D eigenvalue weighted by Crippen LogP contribution is 2.13. The molecule has 1 amide bonds. The van der Waals surface area contributed by atoms with Gasteiger partial charge in [0, 0.05) is 6.42 Å². The monoisotopic (exact) mass is 786 g/mol. The van der Waals surface area contributed by atoms with Crippen molar-refractivity contribution in [3.05, 3.63) is 122 Å². The fourth-order valence-electron chi connectivity index (χ4n) is 6.15. The zero-order chi connectivity index (χ0) is 41.4. The molecule has 3 N–H and O–H groups in total. The maximum atomic E-state index is 12.4. The summed E-state index contributed by atoms with van der Waals surface area (Å²) in [6.45, 7) is 4.12. The Hall–Kier alpha value is -3.21. The number of hydrogen-bond donors (Lipinski definition) is 3. The van der Waals surface area contributed by atoms with Crippen molar-refractivity contribution in [1.29, 1.82) is 0 Å². The summed E-state index contributed by atoms with van der Waals surface area (Å²) in [7, 11) is 0. The second-order valence-corrected chi connectivity index (χ2v) is 15.1. The number of hydrogen-bond acceptors (Lipinski definition) is 3. The molecule has 0 aromatic heterocycles. The maximum Gasteiger partial charge on any atom is 0.220 e. The highest BCUT2D eigenvalue weighted by atomic mass is 16.3. The van der Waals surface area contributed by atoms with E-state index in [9.17, 15) is 15.0 Å². The number of aliphatic hydroxyl groups excluding tert-OH is 2. The van der Waals surface area contributed by atoms with Gasteiger partial charge in [0.2, 0.25) is 5.91 Å². The van der Waals surface area contributed by atoms with E-state index in [0.29, 0.717) is 6.42 Å². The van der Waals surface area contributed by atoms with Crippen LogP contribution in [0.1, 0.15) is 187 Å². The fourth-order valence-corrected chi connectivity index (χ4v) is 6.15. The van der Waals surface area contributed by atoms with Gasteiger partial charge in [-0.2, -0.15) is 0 Å². The van der Waals surface area contributed by atoms with Crippen LogP contribution in [0.5, 0.6) is 0 Å². The molecule has 2 unspecified atom stereocenters. The molecule has 57 heavy (non-hydrogen) atoms. The van der Waals surface area contributed by atoms with Gasteiger partial charge in [-0.15, -0.1) is 0 Å². The Bertz CT molecular complexity index is 1160. The highest BCUT2D eigenvalue weighted by Gasteiger charge is 2.17. The molecule has 0 aromatic rings. The maximum absolute atomic E-state index is 12.4. The summed E-state index contributed by atoms with van der Waals surface area (Å²) in [4.78, 5) is 12.4. The van der Waals surface area contributed by atoms with Gasteiger partial charge >= 0.3 is 0 Å². The minimum absolute atomic E-state index is 0.0874. The molecule has 0 spiro atoms. The Morgan fingerprint density at radius 3 is 1.23 bits per heavy atom. The number of nitrogens with one attached hydrogen (secondary N) is 1. The average Bonchev–Trinajstić information content (AvgIpc) is 3.22. The molecule has 0 bridgehead atoms. The third kappa shape index (κ3) is 43.8. The number of carbonyl (C=O) groups excluding carboxylic acids is 1. The summed E-state index contributed by atoms with van der Waals surface area (Å²) in [5.41, 5.74) is 0. The second kappa shape index (κ2) is 47.2. The summed E-state index contributed by atoms with van der Waals surface area (Å²) in [5, 5.41) is 22.9. The number of carbonyl (C=O) groups is 1. The van der Waals surface area contributed by atoms with Crippen LogP contribution in [0.2, 0.25) is 0 Å². The van der Waals surface area contributed by atoms with Gasteiger partial charge in [0.05, 0.1) is 18.8 Å². The Balaban J connectivity index is 3.62. The van der Waals surface area contributed by atoms with Gasteiger partial charge in [0.1, 0.15) is 0 Å². The van der Waals surface area contributed by atoms with E-state index in [-0.39, 0.29) is 12.5 Å². The van der Waals surface area contributed by atoms with Gasteiger partial charge in [-0.05, 0) is 96.3 Å². The normalized spacial score (nSPS) is 14.1. The van der Waals surface area contributed by atoms with E-state index in [0.717, 1.165) is 89.9 Å². The molecule has 0 aromatic carbocycles. The number of rotatable bonds is 40. The van der Waals surface area contributed by atoms with Gasteiger partial charge < -0.3 is 15.5 Å². The molecule has 2 atom stereocenters. The summed E-state index contributed by atoms with van der Waals surface area (Å²) in [6, 6.07) is -0.647. The first-order valence-electron chi connectivity index (χ1n) is 23.2. The lowest BCUT2D eigenvalue weighted by molar-refractivity contribution is -0.123. The van der Waals surface area contributed by atoms with Crippen molar-refractivity contribution in [2.75, 3.05) is 6.61 Å². The van der Waals surface area contributed by atoms with Crippen LogP contribution < -0.4 is 5.32 Å².